The van der Waals surface area contributed by atoms with E-state index in [-0.39, 0.29) is 121 Å². The number of aromatic carboxylic acids is 1. The molecule has 28 heavy (non-hydrogen) atoms. The van der Waals surface area contributed by atoms with Gasteiger partial charge in [0, 0.05) is 114 Å². The number of carbonyl (C=O) groups is 1. The smallest absolute Gasteiger partial charge is 0.337 e. The van der Waals surface area contributed by atoms with Crippen LogP contribution in [0.2, 0.25) is 5.02 Å². The molecule has 0 bridgehead atoms. The molecule has 0 spiro atoms. The molecule has 8 nitrogen and oxygen atoms in total. The predicted molar refractivity (Wildman–Crippen MR) is 108 cm³/mol. The Morgan fingerprint density at radius 1 is 1.18 bits per heavy atom. The van der Waals surface area contributed by atoms with Gasteiger partial charge in [-0.2, -0.15) is 8.42 Å². The van der Waals surface area contributed by atoms with Gasteiger partial charge < -0.3 is 5.11 Å². The van der Waals surface area contributed by atoms with Crippen LogP contribution < -0.4 is 5.01 Å². The maximum atomic E-state index is 11.5. The molecule has 2 aromatic rings. The van der Waals surface area contributed by atoms with Gasteiger partial charge in [0.05, 0.1) is 21.8 Å². The standard InChI is InChI=1S/C16H16ClN3O5S.2K/c1-3-20(19-18-14-8-11(17)5-4-10(14)2)15-7-6-12(26(23,24)25)9-13(15)16(21)22;;/h4-9H,3H2,1-2H3,(H,21,22)(H,23,24,25);;. The Kier molecular flexibility index (Phi) is 12.9. The Bertz CT molecular complexity index is 986. The minimum atomic E-state index is -4.52. The van der Waals surface area contributed by atoms with Crippen LogP contribution in [0.1, 0.15) is 22.8 Å². The minimum Gasteiger partial charge on any atom is -0.478 e. The van der Waals surface area contributed by atoms with Crippen molar-refractivity contribution in [1.82, 2.24) is 0 Å². The molecule has 0 saturated heterocycles. The fourth-order valence-electron chi connectivity index (χ4n) is 2.15. The second kappa shape index (κ2) is 12.6. The third kappa shape index (κ3) is 7.80. The van der Waals surface area contributed by atoms with E-state index in [1.165, 1.54) is 11.1 Å². The largest absolute Gasteiger partial charge is 0.478 e. The third-order valence-corrected chi connectivity index (χ3v) is 4.59. The number of carboxylic acids is 1. The van der Waals surface area contributed by atoms with E-state index >= 15 is 0 Å². The van der Waals surface area contributed by atoms with Gasteiger partial charge >= 0.3 is 5.97 Å². The van der Waals surface area contributed by atoms with Crippen molar-refractivity contribution in [2.24, 2.45) is 10.3 Å². The molecule has 0 aromatic heterocycles. The van der Waals surface area contributed by atoms with E-state index in [0.29, 0.717) is 10.7 Å². The van der Waals surface area contributed by atoms with Crippen LogP contribution in [0.4, 0.5) is 11.4 Å². The first-order valence-electron chi connectivity index (χ1n) is 7.43. The second-order valence-electron chi connectivity index (χ2n) is 5.30. The summed E-state index contributed by atoms with van der Waals surface area (Å²) in [5.41, 5.74) is 1.15. The van der Waals surface area contributed by atoms with Crippen molar-refractivity contribution < 1.29 is 22.9 Å². The van der Waals surface area contributed by atoms with Crippen molar-refractivity contribution in [3.63, 3.8) is 0 Å². The molecule has 2 radical (unpaired) electrons. The average molecular weight is 476 g/mol. The number of rotatable bonds is 6. The molecule has 2 N–H and O–H groups in total. The summed E-state index contributed by atoms with van der Waals surface area (Å²) in [7, 11) is -4.52. The second-order valence-corrected chi connectivity index (χ2v) is 7.15. The summed E-state index contributed by atoms with van der Waals surface area (Å²) in [6.45, 7) is 3.82. The van der Waals surface area contributed by atoms with Gasteiger partial charge in [0.25, 0.3) is 10.1 Å². The van der Waals surface area contributed by atoms with Crippen LogP contribution >= 0.6 is 11.6 Å². The summed E-state index contributed by atoms with van der Waals surface area (Å²) < 4.78 is 31.6. The summed E-state index contributed by atoms with van der Waals surface area (Å²) in [5.74, 6) is -1.36. The monoisotopic (exact) mass is 475 g/mol. The zero-order chi connectivity index (χ0) is 19.5. The van der Waals surface area contributed by atoms with Crippen LogP contribution in [-0.4, -0.2) is 133 Å². The normalized spacial score (nSPS) is 10.9. The maximum absolute atomic E-state index is 11.5. The van der Waals surface area contributed by atoms with Gasteiger partial charge in [0.15, 0.2) is 0 Å². The van der Waals surface area contributed by atoms with Crippen molar-refractivity contribution >= 4 is 142 Å². The molecule has 0 heterocycles. The van der Waals surface area contributed by atoms with Crippen molar-refractivity contribution in [3.8, 4) is 0 Å². The summed E-state index contributed by atoms with van der Waals surface area (Å²) in [4.78, 5) is 11.0. The third-order valence-electron chi connectivity index (χ3n) is 3.51. The summed E-state index contributed by atoms with van der Waals surface area (Å²) in [5, 5.41) is 19.3. The van der Waals surface area contributed by atoms with Crippen molar-refractivity contribution in [1.29, 1.82) is 0 Å². The van der Waals surface area contributed by atoms with E-state index in [9.17, 15) is 18.3 Å². The van der Waals surface area contributed by atoms with Gasteiger partial charge in [-0.25, -0.2) is 9.80 Å². The molecule has 0 fully saturated rings. The molecule has 0 aliphatic heterocycles. The molecule has 2 aromatic carbocycles. The van der Waals surface area contributed by atoms with Crippen LogP contribution in [0.15, 0.2) is 51.6 Å². The quantitative estimate of drug-likeness (QED) is 0.286. The maximum Gasteiger partial charge on any atom is 0.337 e. The number of anilines is 1. The molecule has 0 atom stereocenters. The Labute approximate surface area is 253 Å². The van der Waals surface area contributed by atoms with Crippen LogP contribution in [0, 0.1) is 6.92 Å². The average Bonchev–Trinajstić information content (AvgIpc) is 2.57. The van der Waals surface area contributed by atoms with Gasteiger partial charge in [0.2, 0.25) is 0 Å². The zero-order valence-electron chi connectivity index (χ0n) is 15.9. The van der Waals surface area contributed by atoms with Crippen molar-refractivity contribution in [2.75, 3.05) is 11.6 Å². The molecule has 2 rings (SSSR count). The van der Waals surface area contributed by atoms with E-state index < -0.39 is 21.0 Å². The van der Waals surface area contributed by atoms with Crippen LogP contribution in [-0.2, 0) is 10.1 Å². The van der Waals surface area contributed by atoms with Gasteiger partial charge in [-0.3, -0.25) is 4.55 Å². The Balaban J connectivity index is 0.00000364. The van der Waals surface area contributed by atoms with Crippen LogP contribution in [0.5, 0.6) is 0 Å². The fraction of sp³-hybridized carbons (Fsp3) is 0.188. The first-order valence-corrected chi connectivity index (χ1v) is 9.25. The van der Waals surface area contributed by atoms with Crippen LogP contribution in [0.25, 0.3) is 0 Å². The van der Waals surface area contributed by atoms with Gasteiger partial charge in [0.1, 0.15) is 0 Å². The molecule has 12 heteroatoms. The van der Waals surface area contributed by atoms with E-state index in [2.05, 4.69) is 10.3 Å². The number of nitrogens with zero attached hydrogens (tertiary/aromatic N) is 3. The molecular formula is C16H16ClK2N3O5S. The van der Waals surface area contributed by atoms with E-state index in [1.54, 1.807) is 25.1 Å². The molecular weight excluding hydrogens is 460 g/mol. The first kappa shape index (κ1) is 28.8. The van der Waals surface area contributed by atoms with E-state index in [1.807, 2.05) is 6.92 Å². The van der Waals surface area contributed by atoms with E-state index in [0.717, 1.165) is 17.7 Å². The molecule has 0 aliphatic carbocycles. The number of aryl methyl sites for hydroxylation is 1. The molecule has 0 saturated carbocycles. The SMILES string of the molecule is CCN(N=Nc1cc(Cl)ccc1C)c1ccc(S(=O)(=O)O)cc1C(=O)O.[K].[K]. The van der Waals surface area contributed by atoms with Crippen LogP contribution in [0.3, 0.4) is 0 Å². The van der Waals surface area contributed by atoms with E-state index in [4.69, 9.17) is 16.2 Å². The number of benzene rings is 2. The topological polar surface area (TPSA) is 120 Å². The number of carboxylic acid groups (broad SMARTS) is 1. The van der Waals surface area contributed by atoms with Crippen molar-refractivity contribution in [3.05, 3.63) is 52.5 Å². The van der Waals surface area contributed by atoms with Gasteiger partial charge in [-0.1, -0.05) is 22.9 Å². The molecule has 0 aliphatic rings. The molecule has 0 amide bonds. The fourth-order valence-corrected chi connectivity index (χ4v) is 2.82. The number of hydrogen-bond donors (Lipinski definition) is 2. The zero-order valence-corrected chi connectivity index (χ0v) is 23.7. The Morgan fingerprint density at radius 2 is 1.82 bits per heavy atom. The summed E-state index contributed by atoms with van der Waals surface area (Å²) in [6, 6.07) is 8.32. The first-order chi connectivity index (χ1) is 12.1. The minimum absolute atomic E-state index is 0. The summed E-state index contributed by atoms with van der Waals surface area (Å²) in [6.07, 6.45) is 0. The Morgan fingerprint density at radius 3 is 2.36 bits per heavy atom. The predicted octanol–water partition coefficient (Wildman–Crippen LogP) is 3.36. The number of halogens is 1. The number of hydrogen-bond acceptors (Lipinski definition) is 5. The van der Waals surface area contributed by atoms with Gasteiger partial charge in [-0.05, 0) is 49.7 Å². The Hall–Kier alpha value is 0.783. The van der Waals surface area contributed by atoms with Crippen molar-refractivity contribution in [2.45, 2.75) is 18.7 Å². The summed E-state index contributed by atoms with van der Waals surface area (Å²) >= 11 is 5.94. The molecule has 140 valence electrons. The molecule has 0 unspecified atom stereocenters. The van der Waals surface area contributed by atoms with Gasteiger partial charge in [-0.15, -0.1) is 5.11 Å².